The number of carbonyl (C=O) groups is 2. The normalized spacial score (nSPS) is 37.4. The van der Waals surface area contributed by atoms with E-state index in [1.807, 2.05) is 0 Å². The molecule has 5 aliphatic rings. The molecule has 496 valence electrons. The smallest absolute Gasteiger partial charge is 0.330 e. The number of hydrogen-bond donors (Lipinski definition) is 18. The molecule has 0 spiro atoms. The summed E-state index contributed by atoms with van der Waals surface area (Å²) in [6, 6.07) is 10.1. The van der Waals surface area contributed by atoms with Crippen LogP contribution in [0.25, 0.3) is 28.4 Å². The highest BCUT2D eigenvalue weighted by atomic mass is 16.8. The third-order valence-electron chi connectivity index (χ3n) is 15.4. The van der Waals surface area contributed by atoms with Crippen molar-refractivity contribution in [1.82, 2.24) is 0 Å². The molecule has 0 aliphatic carbocycles. The highest BCUT2D eigenvalue weighted by Crippen LogP contribution is 2.41. The Morgan fingerprint density at radius 2 is 1.03 bits per heavy atom. The van der Waals surface area contributed by atoms with Gasteiger partial charge in [-0.2, -0.15) is 0 Å². The van der Waals surface area contributed by atoms with Crippen LogP contribution in [0, 0.1) is 0 Å². The van der Waals surface area contributed by atoms with Gasteiger partial charge in [-0.15, -0.1) is 0 Å². The summed E-state index contributed by atoms with van der Waals surface area (Å²) in [5.74, 6) is -6.17. The highest BCUT2D eigenvalue weighted by molar-refractivity contribution is 5.89. The number of carbonyl (C=O) groups excluding carboxylic acids is 2. The summed E-state index contributed by atoms with van der Waals surface area (Å²) >= 11 is 0. The summed E-state index contributed by atoms with van der Waals surface area (Å²) < 4.78 is 75.7. The van der Waals surface area contributed by atoms with Crippen molar-refractivity contribution in [2.75, 3.05) is 26.4 Å². The molecule has 1 aromatic heterocycles. The fourth-order valence-electron chi connectivity index (χ4n) is 10.4. The monoisotopic (exact) mass is 1280 g/mol. The molecule has 5 aliphatic heterocycles. The van der Waals surface area contributed by atoms with Crippen molar-refractivity contribution in [2.45, 2.75) is 167 Å². The molecule has 25 atom stereocenters. The number of ether oxygens (including phenoxy) is 12. The zero-order chi connectivity index (χ0) is 65.3. The Morgan fingerprint density at radius 1 is 0.511 bits per heavy atom. The van der Waals surface area contributed by atoms with E-state index in [2.05, 4.69) is 0 Å². The molecule has 0 radical (unpaired) electrons. The van der Waals surface area contributed by atoms with Crippen molar-refractivity contribution in [1.29, 1.82) is 0 Å². The minimum Gasteiger partial charge on any atom is -0.508 e. The van der Waals surface area contributed by atoms with Gasteiger partial charge in [0.15, 0.2) is 48.3 Å². The Bertz CT molecular complexity index is 3200. The van der Waals surface area contributed by atoms with Crippen molar-refractivity contribution < 1.29 is 163 Å². The fourth-order valence-corrected chi connectivity index (χ4v) is 10.4. The Morgan fingerprint density at radius 3 is 1.66 bits per heavy atom. The van der Waals surface area contributed by atoms with Crippen LogP contribution in [0.3, 0.4) is 0 Å². The summed E-state index contributed by atoms with van der Waals surface area (Å²) in [7, 11) is 0. The van der Waals surface area contributed by atoms with E-state index in [-0.39, 0.29) is 16.9 Å². The van der Waals surface area contributed by atoms with Gasteiger partial charge in [0.1, 0.15) is 145 Å². The minimum atomic E-state index is -2.24. The lowest BCUT2D eigenvalue weighted by atomic mass is 9.96. The SMILES string of the molecule is CC(=O)OC[C@H]1O[C@@H](O[C@H]2[C@H](O)[C@@H](CO)O[C@@H](Oc3cc(O)c4c(=O)c(O[C@@H]5O[C@H](COC(=O)C=Cc6ccc(O)c(O)c6)[C@@H](O)[C@H](O)[C@H]5O[C@@H]5O[C@H](CO)[C@@H](O)[C@H](O)[C@H]5O)c(-c5ccc(O)cc5)oc4c3)[C@@H]2O[C@@H]2O[C@@H](C)[C@H](O)[C@@H](O)[C@H]2O)[C@H](O)[C@@H](O)[C@@H]1O. The molecular formula is C56H68O34. The minimum absolute atomic E-state index is 0.0918. The van der Waals surface area contributed by atoms with Crippen LogP contribution in [0.1, 0.15) is 19.4 Å². The third kappa shape index (κ3) is 14.4. The van der Waals surface area contributed by atoms with Gasteiger partial charge >= 0.3 is 11.9 Å². The molecule has 18 N–H and O–H groups in total. The van der Waals surface area contributed by atoms with Crippen molar-refractivity contribution >= 4 is 29.0 Å². The Hall–Kier alpha value is -6.53. The number of esters is 2. The van der Waals surface area contributed by atoms with E-state index in [4.69, 9.17) is 61.3 Å². The maximum Gasteiger partial charge on any atom is 0.330 e. The number of rotatable bonds is 19. The number of phenols is 4. The fraction of sp³-hybridized carbons (Fsp3) is 0.554. The second-order valence-corrected chi connectivity index (χ2v) is 21.6. The maximum atomic E-state index is 15.1. The number of aromatic hydroxyl groups is 4. The van der Waals surface area contributed by atoms with Crippen LogP contribution in [0.5, 0.6) is 34.5 Å². The first kappa shape index (κ1) is 67.9. The van der Waals surface area contributed by atoms with Crippen LogP contribution in [0.2, 0.25) is 0 Å². The van der Waals surface area contributed by atoms with E-state index in [1.165, 1.54) is 31.2 Å². The molecule has 3 aromatic carbocycles. The quantitative estimate of drug-likeness (QED) is 0.0236. The molecule has 0 bridgehead atoms. The number of fused-ring (bicyclic) bond motifs is 1. The van der Waals surface area contributed by atoms with Gasteiger partial charge in [0.05, 0.1) is 19.3 Å². The van der Waals surface area contributed by atoms with Gasteiger partial charge in [0.25, 0.3) is 0 Å². The van der Waals surface area contributed by atoms with Crippen LogP contribution in [0.4, 0.5) is 0 Å². The lowest BCUT2D eigenvalue weighted by Gasteiger charge is -2.48. The van der Waals surface area contributed by atoms with Gasteiger partial charge in [0, 0.05) is 30.7 Å². The third-order valence-corrected chi connectivity index (χ3v) is 15.4. The predicted octanol–water partition coefficient (Wildman–Crippen LogP) is -6.02. The predicted molar refractivity (Wildman–Crippen MR) is 289 cm³/mol. The van der Waals surface area contributed by atoms with Gasteiger partial charge in [0.2, 0.25) is 23.8 Å². The first-order valence-electron chi connectivity index (χ1n) is 27.8. The van der Waals surface area contributed by atoms with Crippen LogP contribution < -0.4 is 14.9 Å². The highest BCUT2D eigenvalue weighted by Gasteiger charge is 2.56. The van der Waals surface area contributed by atoms with Gasteiger partial charge < -0.3 is 153 Å². The van der Waals surface area contributed by atoms with Crippen LogP contribution in [0.15, 0.2) is 69.9 Å². The van der Waals surface area contributed by atoms with E-state index >= 15 is 4.79 Å². The van der Waals surface area contributed by atoms with Gasteiger partial charge in [-0.25, -0.2) is 4.79 Å². The molecule has 4 aromatic rings. The molecule has 9 rings (SSSR count). The Labute approximate surface area is 506 Å². The Balaban J connectivity index is 1.08. The molecular weight excluding hydrogens is 1220 g/mol. The maximum absolute atomic E-state index is 15.1. The molecule has 0 amide bonds. The molecule has 0 unspecified atom stereocenters. The molecule has 0 saturated carbocycles. The number of benzene rings is 3. The number of phenolic OH excluding ortho intramolecular Hbond substituents is 4. The van der Waals surface area contributed by atoms with Gasteiger partial charge in [-0.3, -0.25) is 9.59 Å². The zero-order valence-electron chi connectivity index (χ0n) is 47.2. The van der Waals surface area contributed by atoms with Crippen molar-refractivity contribution in [3.63, 3.8) is 0 Å². The number of hydrogen-bond acceptors (Lipinski definition) is 34. The molecule has 34 nitrogen and oxygen atoms in total. The molecule has 6 heterocycles. The first-order chi connectivity index (χ1) is 42.7. The van der Waals surface area contributed by atoms with E-state index in [1.54, 1.807) is 0 Å². The van der Waals surface area contributed by atoms with Crippen molar-refractivity contribution in [2.24, 2.45) is 0 Å². The van der Waals surface area contributed by atoms with E-state index in [0.717, 1.165) is 49.4 Å². The first-order valence-corrected chi connectivity index (χ1v) is 27.8. The topological polar surface area (TPSA) is 539 Å². The Kier molecular flexibility index (Phi) is 21.5. The molecule has 90 heavy (non-hydrogen) atoms. The van der Waals surface area contributed by atoms with Crippen LogP contribution in [-0.2, 0) is 57.0 Å². The summed E-state index contributed by atoms with van der Waals surface area (Å²) in [4.78, 5) is 39.7. The molecule has 5 fully saturated rings. The average molecular weight is 1290 g/mol. The summed E-state index contributed by atoms with van der Waals surface area (Å²) in [5, 5.41) is 193. The molecule has 34 heteroatoms. The second kappa shape index (κ2) is 28.5. The number of aliphatic hydroxyl groups is 14. The van der Waals surface area contributed by atoms with Crippen LogP contribution in [-0.4, -0.2) is 284 Å². The second-order valence-electron chi connectivity index (χ2n) is 21.6. The van der Waals surface area contributed by atoms with E-state index in [9.17, 15) is 102 Å². The lowest BCUT2D eigenvalue weighted by molar-refractivity contribution is -0.383. The largest absolute Gasteiger partial charge is 0.508 e. The van der Waals surface area contributed by atoms with Crippen molar-refractivity contribution in [3.05, 3.63) is 76.5 Å². The summed E-state index contributed by atoms with van der Waals surface area (Å²) in [6.45, 7) is -1.24. The average Bonchev–Trinajstić information content (AvgIpc) is 0.767. The van der Waals surface area contributed by atoms with Crippen LogP contribution >= 0.6 is 0 Å². The lowest BCUT2D eigenvalue weighted by Crippen LogP contribution is -2.67. The van der Waals surface area contributed by atoms with Gasteiger partial charge in [-0.1, -0.05) is 6.07 Å². The number of aliphatic hydroxyl groups excluding tert-OH is 14. The van der Waals surface area contributed by atoms with Gasteiger partial charge in [-0.05, 0) is 55.0 Å². The zero-order valence-corrected chi connectivity index (χ0v) is 47.2. The van der Waals surface area contributed by atoms with E-state index < -0.39 is 243 Å². The van der Waals surface area contributed by atoms with Crippen molar-refractivity contribution in [3.8, 4) is 45.8 Å². The van der Waals surface area contributed by atoms with E-state index in [0.29, 0.717) is 0 Å². The standard InChI is InChI=1S/C56H68O34/c1-18-34(65)40(71)44(75)52(80-18)90-51-48(87-54-46(77)42(73)36(67)30(85-54)16-78-19(2)59)38(69)29(15-58)84-56(51)81-23-12-26(63)33-27(13-23)82-47(21-5-7-22(60)8-6-21)49(39(33)70)88-55-50(89-53-45(76)41(72)35(66)28(14-57)83-53)43(74)37(68)31(86-55)17-79-32(64)10-4-20-3-9-24(61)25(62)11-20/h3-13,18,28-31,34-38,40-46,48,50-58,60-63,65-69,71-77H,14-17H2,1-2H3/t18-,28+,29+,30+,31+,34-,35+,36+,37+,38+,40+,41-,42-,43-,44+,45+,46+,48-,50+,51+,52-,53-,54-,55-,56+/m0/s1. The summed E-state index contributed by atoms with van der Waals surface area (Å²) in [6.07, 6.45) is -46.7. The summed E-state index contributed by atoms with van der Waals surface area (Å²) in [5.41, 5.74) is -1.70. The molecule has 5 saturated heterocycles.